The molecule has 0 saturated carbocycles. The lowest BCUT2D eigenvalue weighted by Crippen LogP contribution is -2.14. The molecule has 2 rings (SSSR count). The van der Waals surface area contributed by atoms with Crippen molar-refractivity contribution < 1.29 is 4.79 Å². The molecule has 1 amide bonds. The van der Waals surface area contributed by atoms with E-state index in [0.29, 0.717) is 15.7 Å². The normalized spacial score (nSPS) is 10.2. The van der Waals surface area contributed by atoms with Crippen molar-refractivity contribution in [2.24, 2.45) is 0 Å². The fourth-order valence-electron chi connectivity index (χ4n) is 1.34. The van der Waals surface area contributed by atoms with Crippen LogP contribution in [-0.4, -0.2) is 16.1 Å². The number of rotatable bonds is 3. The van der Waals surface area contributed by atoms with Crippen molar-refractivity contribution >= 4 is 34.8 Å². The minimum atomic E-state index is -0.182. The molecule has 6 heteroatoms. The van der Waals surface area contributed by atoms with E-state index in [1.807, 2.05) is 0 Å². The van der Waals surface area contributed by atoms with Gasteiger partial charge in [0.05, 0.1) is 17.1 Å². The van der Waals surface area contributed by atoms with E-state index in [1.54, 1.807) is 30.5 Å². The highest BCUT2D eigenvalue weighted by molar-refractivity contribution is 6.35. The van der Waals surface area contributed by atoms with Crippen LogP contribution in [-0.2, 0) is 11.2 Å². The maximum atomic E-state index is 11.7. The molecule has 0 aliphatic heterocycles. The number of halogens is 2. The van der Waals surface area contributed by atoms with Crippen molar-refractivity contribution in [2.75, 3.05) is 5.32 Å². The highest BCUT2D eigenvalue weighted by atomic mass is 35.5. The van der Waals surface area contributed by atoms with Gasteiger partial charge in [-0.1, -0.05) is 23.2 Å². The van der Waals surface area contributed by atoms with Crippen LogP contribution in [0.4, 0.5) is 5.69 Å². The predicted molar refractivity (Wildman–Crippen MR) is 67.4 cm³/mol. The third-order valence-corrected chi connectivity index (χ3v) is 2.68. The molecule has 1 heterocycles. The summed E-state index contributed by atoms with van der Waals surface area (Å²) in [6.45, 7) is 0. The van der Waals surface area contributed by atoms with Gasteiger partial charge in [0, 0.05) is 16.9 Å². The van der Waals surface area contributed by atoms with Crippen molar-refractivity contribution in [1.29, 1.82) is 0 Å². The summed E-state index contributed by atoms with van der Waals surface area (Å²) >= 11 is 11.7. The molecule has 2 aromatic rings. The number of hydrogen-bond acceptors (Lipinski definition) is 2. The molecule has 0 atom stereocenters. The zero-order valence-corrected chi connectivity index (χ0v) is 10.2. The van der Waals surface area contributed by atoms with Crippen LogP contribution >= 0.6 is 23.2 Å². The molecule has 0 saturated heterocycles. The number of nitrogens with one attached hydrogen (secondary N) is 2. The van der Waals surface area contributed by atoms with Crippen molar-refractivity contribution in [3.8, 4) is 0 Å². The zero-order valence-electron chi connectivity index (χ0n) is 8.71. The second-order valence-corrected chi connectivity index (χ2v) is 4.27. The van der Waals surface area contributed by atoms with Crippen molar-refractivity contribution in [2.45, 2.75) is 6.42 Å². The number of anilines is 1. The Hall–Kier alpha value is -1.52. The van der Waals surface area contributed by atoms with Gasteiger partial charge in [-0.2, -0.15) is 5.10 Å². The molecule has 2 N–H and O–H groups in total. The van der Waals surface area contributed by atoms with Gasteiger partial charge in [-0.15, -0.1) is 0 Å². The van der Waals surface area contributed by atoms with E-state index in [1.165, 1.54) is 0 Å². The topological polar surface area (TPSA) is 57.8 Å². The van der Waals surface area contributed by atoms with Crippen LogP contribution in [0.3, 0.4) is 0 Å². The molecule has 0 unspecified atom stereocenters. The lowest BCUT2D eigenvalue weighted by atomic mass is 10.2. The summed E-state index contributed by atoms with van der Waals surface area (Å²) in [5.41, 5.74) is 1.24. The van der Waals surface area contributed by atoms with Crippen LogP contribution in [0.5, 0.6) is 0 Å². The maximum Gasteiger partial charge on any atom is 0.230 e. The molecule has 1 aromatic carbocycles. The van der Waals surface area contributed by atoms with Crippen LogP contribution in [0.15, 0.2) is 30.5 Å². The van der Waals surface area contributed by atoms with E-state index in [0.717, 1.165) is 5.69 Å². The Morgan fingerprint density at radius 1 is 1.35 bits per heavy atom. The molecule has 0 bridgehead atoms. The standard InChI is InChI=1S/C11H9Cl2N3O/c12-7-1-2-9(13)10(5-7)15-11(17)6-8-3-4-14-16-8/h1-5H,6H2,(H,14,16)(H,15,17). The van der Waals surface area contributed by atoms with E-state index in [4.69, 9.17) is 23.2 Å². The molecule has 1 aromatic heterocycles. The lowest BCUT2D eigenvalue weighted by Gasteiger charge is -2.06. The summed E-state index contributed by atoms with van der Waals surface area (Å²) in [4.78, 5) is 11.7. The smallest absolute Gasteiger partial charge is 0.230 e. The molecule has 0 fully saturated rings. The molecule has 0 aliphatic carbocycles. The molecule has 0 aliphatic rings. The van der Waals surface area contributed by atoms with Gasteiger partial charge in [0.2, 0.25) is 5.91 Å². The number of carbonyl (C=O) groups is 1. The number of hydrogen-bond donors (Lipinski definition) is 2. The fraction of sp³-hybridized carbons (Fsp3) is 0.0909. The first-order chi connectivity index (χ1) is 8.15. The second-order valence-electron chi connectivity index (χ2n) is 3.43. The summed E-state index contributed by atoms with van der Waals surface area (Å²) in [5, 5.41) is 10.1. The highest BCUT2D eigenvalue weighted by Crippen LogP contribution is 2.25. The first-order valence-electron chi connectivity index (χ1n) is 4.88. The molecule has 17 heavy (non-hydrogen) atoms. The highest BCUT2D eigenvalue weighted by Gasteiger charge is 2.08. The molecular weight excluding hydrogens is 261 g/mol. The largest absolute Gasteiger partial charge is 0.324 e. The second kappa shape index (κ2) is 5.21. The lowest BCUT2D eigenvalue weighted by molar-refractivity contribution is -0.115. The Morgan fingerprint density at radius 2 is 2.18 bits per heavy atom. The molecule has 4 nitrogen and oxygen atoms in total. The van der Waals surface area contributed by atoms with Gasteiger partial charge in [-0.3, -0.25) is 9.89 Å². The average molecular weight is 270 g/mol. The van der Waals surface area contributed by atoms with Gasteiger partial charge in [-0.25, -0.2) is 0 Å². The minimum Gasteiger partial charge on any atom is -0.324 e. The summed E-state index contributed by atoms with van der Waals surface area (Å²) in [7, 11) is 0. The SMILES string of the molecule is O=C(Cc1ccn[nH]1)Nc1cc(Cl)ccc1Cl. The molecular formula is C11H9Cl2N3O. The summed E-state index contributed by atoms with van der Waals surface area (Å²) in [5.74, 6) is -0.182. The molecule has 0 radical (unpaired) electrons. The molecule has 0 spiro atoms. The van der Waals surface area contributed by atoms with Crippen LogP contribution in [0.2, 0.25) is 10.0 Å². The van der Waals surface area contributed by atoms with E-state index in [2.05, 4.69) is 15.5 Å². The summed E-state index contributed by atoms with van der Waals surface area (Å²) < 4.78 is 0. The average Bonchev–Trinajstić information content (AvgIpc) is 2.76. The first kappa shape index (κ1) is 12.0. The van der Waals surface area contributed by atoms with Crippen molar-refractivity contribution in [1.82, 2.24) is 10.2 Å². The predicted octanol–water partition coefficient (Wildman–Crippen LogP) is 2.90. The number of benzene rings is 1. The summed E-state index contributed by atoms with van der Waals surface area (Å²) in [6.07, 6.45) is 1.80. The van der Waals surface area contributed by atoms with Crippen LogP contribution in [0.25, 0.3) is 0 Å². The van der Waals surface area contributed by atoms with E-state index >= 15 is 0 Å². The third-order valence-electron chi connectivity index (χ3n) is 2.11. The quantitative estimate of drug-likeness (QED) is 0.900. The minimum absolute atomic E-state index is 0.182. The number of nitrogens with zero attached hydrogens (tertiary/aromatic N) is 1. The van der Waals surface area contributed by atoms with Gasteiger partial charge in [0.25, 0.3) is 0 Å². The van der Waals surface area contributed by atoms with Gasteiger partial charge in [-0.05, 0) is 24.3 Å². The number of carbonyl (C=O) groups excluding carboxylic acids is 1. The van der Waals surface area contributed by atoms with Gasteiger partial charge in [0.1, 0.15) is 0 Å². The Balaban J connectivity index is 2.05. The maximum absolute atomic E-state index is 11.7. The summed E-state index contributed by atoms with van der Waals surface area (Å²) in [6, 6.07) is 6.64. The molecule has 88 valence electrons. The Kier molecular flexibility index (Phi) is 3.66. The van der Waals surface area contributed by atoms with Gasteiger partial charge in [0.15, 0.2) is 0 Å². The van der Waals surface area contributed by atoms with Crippen LogP contribution < -0.4 is 5.32 Å². The zero-order chi connectivity index (χ0) is 12.3. The third kappa shape index (κ3) is 3.22. The van der Waals surface area contributed by atoms with E-state index in [9.17, 15) is 4.79 Å². The first-order valence-corrected chi connectivity index (χ1v) is 5.64. The van der Waals surface area contributed by atoms with E-state index in [-0.39, 0.29) is 12.3 Å². The Bertz CT molecular complexity index is 526. The Morgan fingerprint density at radius 3 is 2.88 bits per heavy atom. The Labute approximate surface area is 108 Å². The number of H-pyrrole nitrogens is 1. The van der Waals surface area contributed by atoms with E-state index < -0.39 is 0 Å². The number of aromatic amines is 1. The van der Waals surface area contributed by atoms with Crippen molar-refractivity contribution in [3.05, 3.63) is 46.2 Å². The van der Waals surface area contributed by atoms with Gasteiger partial charge >= 0.3 is 0 Å². The van der Waals surface area contributed by atoms with Crippen LogP contribution in [0, 0.1) is 0 Å². The monoisotopic (exact) mass is 269 g/mol. The van der Waals surface area contributed by atoms with Gasteiger partial charge < -0.3 is 5.32 Å². The fourth-order valence-corrected chi connectivity index (χ4v) is 1.68. The number of amides is 1. The van der Waals surface area contributed by atoms with Crippen LogP contribution in [0.1, 0.15) is 5.69 Å². The number of aromatic nitrogens is 2. The van der Waals surface area contributed by atoms with Crippen molar-refractivity contribution in [3.63, 3.8) is 0 Å².